The number of hydrogen-bond acceptors (Lipinski definition) is 5. The summed E-state index contributed by atoms with van der Waals surface area (Å²) in [5, 5.41) is 2.34. The average molecular weight is 616 g/mol. The number of benzene rings is 6. The first-order chi connectivity index (χ1) is 20.1. The van der Waals surface area contributed by atoms with Gasteiger partial charge < -0.3 is 4.55 Å². The molecule has 9 heteroatoms. The van der Waals surface area contributed by atoms with E-state index in [0.29, 0.717) is 38.2 Å². The summed E-state index contributed by atoms with van der Waals surface area (Å²) in [7, 11) is -6.46. The molecule has 6 aromatic rings. The van der Waals surface area contributed by atoms with Gasteiger partial charge in [-0.25, -0.2) is 21.1 Å². The molecule has 0 atom stereocenters. The third-order valence-electron chi connectivity index (χ3n) is 7.41. The van der Waals surface area contributed by atoms with E-state index in [1.165, 1.54) is 14.1 Å². The van der Waals surface area contributed by atoms with Crippen molar-refractivity contribution in [1.29, 1.82) is 0 Å². The van der Waals surface area contributed by atoms with Gasteiger partial charge in [0.05, 0.1) is 9.79 Å². The molecule has 0 saturated heterocycles. The van der Waals surface area contributed by atoms with Gasteiger partial charge in [0.25, 0.3) is 0 Å². The van der Waals surface area contributed by atoms with Crippen molar-refractivity contribution >= 4 is 41.7 Å². The third-order valence-corrected chi connectivity index (χ3v) is 10.2. The standard InChI is InChI=1S/C34H27NO5S2.Na/c1-35(2)41(36,37)33-29(23-13-5-3-6-14-23)21-25-17-9-11-19-27(25)31(33)32-28-20-12-10-18-26(28)22-30(34(32)42(38,39)40)24-15-7-4-8-16-24;/h3-22H,1-2H3,(H,38,39,40);/q;+1/p-1. The summed E-state index contributed by atoms with van der Waals surface area (Å²) in [6.45, 7) is 0. The molecule has 0 amide bonds. The average Bonchev–Trinajstić information content (AvgIpc) is 2.99. The molecule has 0 radical (unpaired) electrons. The van der Waals surface area contributed by atoms with Crippen LogP contribution in [-0.4, -0.2) is 39.8 Å². The summed E-state index contributed by atoms with van der Waals surface area (Å²) in [5.74, 6) is 0. The molecule has 0 aliphatic heterocycles. The molecule has 6 nitrogen and oxygen atoms in total. The van der Waals surface area contributed by atoms with Gasteiger partial charge in [-0.05, 0) is 44.8 Å². The van der Waals surface area contributed by atoms with Crippen molar-refractivity contribution in [3.63, 3.8) is 0 Å². The number of hydrogen-bond donors (Lipinski definition) is 0. The van der Waals surface area contributed by atoms with Crippen LogP contribution in [0.25, 0.3) is 54.9 Å². The molecule has 0 aliphatic rings. The van der Waals surface area contributed by atoms with Gasteiger partial charge in [0.15, 0.2) is 0 Å². The fraction of sp³-hybridized carbons (Fsp3) is 0.0588. The van der Waals surface area contributed by atoms with Crippen molar-refractivity contribution in [2.75, 3.05) is 14.1 Å². The first kappa shape index (κ1) is 31.1. The summed E-state index contributed by atoms with van der Waals surface area (Å²) in [5.41, 5.74) is 2.02. The monoisotopic (exact) mass is 615 g/mol. The van der Waals surface area contributed by atoms with Crippen LogP contribution in [0, 0.1) is 0 Å². The predicted molar refractivity (Wildman–Crippen MR) is 167 cm³/mol. The second-order valence-electron chi connectivity index (χ2n) is 10.2. The minimum atomic E-state index is -5.14. The molecule has 6 rings (SSSR count). The molecule has 6 aromatic carbocycles. The Kier molecular flexibility index (Phi) is 8.66. The Balaban J connectivity index is 0.00000368. The SMILES string of the molecule is CN(C)S(=O)(=O)c1c(-c2ccccc2)cc2ccccc2c1-c1c(S(=O)(=O)[O-])c(-c2ccccc2)cc2ccccc12.[Na+]. The number of rotatable bonds is 6. The molecule has 0 heterocycles. The Bertz CT molecular complexity index is 2200. The van der Waals surface area contributed by atoms with E-state index in [0.717, 1.165) is 4.31 Å². The largest absolute Gasteiger partial charge is 1.00 e. The Morgan fingerprint density at radius 1 is 0.535 bits per heavy atom. The van der Waals surface area contributed by atoms with Crippen LogP contribution in [0.15, 0.2) is 131 Å². The van der Waals surface area contributed by atoms with E-state index >= 15 is 0 Å². The summed E-state index contributed by atoms with van der Waals surface area (Å²) in [4.78, 5) is -0.532. The minimum Gasteiger partial charge on any atom is -0.744 e. The number of sulfonamides is 1. The summed E-state index contributed by atoms with van der Waals surface area (Å²) in [6.07, 6.45) is 0. The molecule has 0 spiro atoms. The second kappa shape index (κ2) is 12.0. The Hall–Kier alpha value is -3.34. The molecule has 0 saturated carbocycles. The molecule has 0 fully saturated rings. The fourth-order valence-corrected chi connectivity index (χ4v) is 7.73. The van der Waals surface area contributed by atoms with Crippen LogP contribution in [0.5, 0.6) is 0 Å². The molecule has 0 aliphatic carbocycles. The summed E-state index contributed by atoms with van der Waals surface area (Å²) in [6, 6.07) is 35.7. The van der Waals surface area contributed by atoms with E-state index in [1.54, 1.807) is 66.7 Å². The van der Waals surface area contributed by atoms with Crippen molar-refractivity contribution in [2.24, 2.45) is 0 Å². The van der Waals surface area contributed by atoms with Crippen LogP contribution in [0.2, 0.25) is 0 Å². The van der Waals surface area contributed by atoms with Crippen LogP contribution >= 0.6 is 0 Å². The van der Waals surface area contributed by atoms with E-state index < -0.39 is 25.0 Å². The second-order valence-corrected chi connectivity index (χ2v) is 13.6. The molecule has 210 valence electrons. The van der Waals surface area contributed by atoms with E-state index in [2.05, 4.69) is 0 Å². The van der Waals surface area contributed by atoms with Crippen LogP contribution in [0.4, 0.5) is 0 Å². The van der Waals surface area contributed by atoms with E-state index in [9.17, 15) is 21.4 Å². The Labute approximate surface area is 273 Å². The van der Waals surface area contributed by atoms with Crippen molar-refractivity contribution in [2.45, 2.75) is 9.79 Å². The van der Waals surface area contributed by atoms with Crippen LogP contribution in [0.1, 0.15) is 0 Å². The maximum atomic E-state index is 14.3. The van der Waals surface area contributed by atoms with Gasteiger partial charge in [-0.1, -0.05) is 109 Å². The molecule has 0 unspecified atom stereocenters. The first-order valence-corrected chi connectivity index (χ1v) is 16.0. The maximum Gasteiger partial charge on any atom is 1.00 e. The van der Waals surface area contributed by atoms with Gasteiger partial charge in [-0.3, -0.25) is 0 Å². The Morgan fingerprint density at radius 2 is 0.907 bits per heavy atom. The number of nitrogens with zero attached hydrogens (tertiary/aromatic N) is 1. The zero-order valence-electron chi connectivity index (χ0n) is 23.9. The first-order valence-electron chi connectivity index (χ1n) is 13.2. The van der Waals surface area contributed by atoms with Crippen molar-refractivity contribution in [3.8, 4) is 33.4 Å². The molecule has 0 N–H and O–H groups in total. The van der Waals surface area contributed by atoms with Gasteiger partial charge >= 0.3 is 29.6 Å². The molecule has 0 bridgehead atoms. The molecular weight excluding hydrogens is 590 g/mol. The van der Waals surface area contributed by atoms with Crippen molar-refractivity contribution in [1.82, 2.24) is 4.31 Å². The van der Waals surface area contributed by atoms with E-state index in [4.69, 9.17) is 0 Å². The zero-order valence-corrected chi connectivity index (χ0v) is 27.5. The van der Waals surface area contributed by atoms with E-state index in [-0.39, 0.29) is 51.1 Å². The summed E-state index contributed by atoms with van der Waals surface area (Å²) >= 11 is 0. The quantitative estimate of drug-likeness (QED) is 0.207. The van der Waals surface area contributed by atoms with Gasteiger partial charge in [0, 0.05) is 36.3 Å². The Morgan fingerprint density at radius 3 is 1.33 bits per heavy atom. The van der Waals surface area contributed by atoms with Gasteiger partial charge in [0.2, 0.25) is 10.0 Å². The predicted octanol–water partition coefficient (Wildman–Crippen LogP) is 4.15. The smallest absolute Gasteiger partial charge is 0.744 e. The fourth-order valence-electron chi connectivity index (χ4n) is 5.53. The summed E-state index contributed by atoms with van der Waals surface area (Å²) < 4.78 is 69.7. The molecule has 43 heavy (non-hydrogen) atoms. The molecular formula is C34H26NNaO5S2. The third kappa shape index (κ3) is 5.56. The topological polar surface area (TPSA) is 94.6 Å². The van der Waals surface area contributed by atoms with Crippen molar-refractivity contribution < 1.29 is 50.9 Å². The number of fused-ring (bicyclic) bond motifs is 2. The minimum absolute atomic E-state index is 0. The molecule has 0 aromatic heterocycles. The van der Waals surface area contributed by atoms with Gasteiger partial charge in [0.1, 0.15) is 10.1 Å². The van der Waals surface area contributed by atoms with Crippen LogP contribution in [-0.2, 0) is 20.1 Å². The van der Waals surface area contributed by atoms with Crippen LogP contribution in [0.3, 0.4) is 0 Å². The van der Waals surface area contributed by atoms with E-state index in [1.807, 2.05) is 54.6 Å². The maximum absolute atomic E-state index is 14.3. The normalized spacial score (nSPS) is 12.0. The van der Waals surface area contributed by atoms with Gasteiger partial charge in [-0.15, -0.1) is 0 Å². The zero-order chi connectivity index (χ0) is 29.6. The van der Waals surface area contributed by atoms with Gasteiger partial charge in [-0.2, -0.15) is 0 Å². The van der Waals surface area contributed by atoms with Crippen molar-refractivity contribution in [3.05, 3.63) is 121 Å². The van der Waals surface area contributed by atoms with Crippen LogP contribution < -0.4 is 29.6 Å².